The van der Waals surface area contributed by atoms with Crippen LogP contribution >= 0.6 is 0 Å². The van der Waals surface area contributed by atoms with Crippen molar-refractivity contribution in [1.29, 1.82) is 0 Å². The number of benzene rings is 11. The fourth-order valence-electron chi connectivity index (χ4n) is 14.7. The van der Waals surface area contributed by atoms with Gasteiger partial charge in [0.25, 0.3) is 6.71 Å². The molecule has 15 rings (SSSR count). The Balaban J connectivity index is 1.03. The zero-order chi connectivity index (χ0) is 63.9. The van der Waals surface area contributed by atoms with Gasteiger partial charge in [-0.15, -0.1) is 0 Å². The van der Waals surface area contributed by atoms with Crippen molar-refractivity contribution in [1.82, 2.24) is 4.57 Å². The van der Waals surface area contributed by atoms with E-state index < -0.39 is 0 Å². The van der Waals surface area contributed by atoms with Crippen LogP contribution < -0.4 is 31.1 Å². The Morgan fingerprint density at radius 1 is 0.348 bits per heavy atom. The summed E-state index contributed by atoms with van der Waals surface area (Å²) in [6.45, 7) is 32.4. The Morgan fingerprint density at radius 3 is 1.51 bits per heavy atom. The summed E-state index contributed by atoms with van der Waals surface area (Å²) in [4.78, 5) is 7.70. The molecule has 0 saturated carbocycles. The molecular formula is C86H81BN4O. The van der Waals surface area contributed by atoms with Gasteiger partial charge in [-0.1, -0.05) is 217 Å². The number of aromatic nitrogens is 1. The van der Waals surface area contributed by atoms with Crippen molar-refractivity contribution in [3.8, 4) is 28.1 Å². The first-order chi connectivity index (χ1) is 44.0. The number of rotatable bonds is 8. The summed E-state index contributed by atoms with van der Waals surface area (Å²) >= 11 is 0. The van der Waals surface area contributed by atoms with Crippen LogP contribution in [0.3, 0.4) is 0 Å². The average Bonchev–Trinajstić information content (AvgIpc) is 0.906. The minimum Gasteiger partial charge on any atom is -0.455 e. The fraction of sp³-hybridized carbons (Fsp3) is 0.209. The van der Waals surface area contributed by atoms with Gasteiger partial charge in [-0.3, -0.25) is 0 Å². The molecule has 2 aromatic heterocycles. The molecule has 0 bridgehead atoms. The first kappa shape index (κ1) is 58.6. The first-order valence-electron chi connectivity index (χ1n) is 32.8. The number of hydrogen-bond donors (Lipinski definition) is 0. The van der Waals surface area contributed by atoms with Crippen LogP contribution in [0.5, 0.6) is 0 Å². The molecule has 0 amide bonds. The molecule has 13 aromatic rings. The lowest BCUT2D eigenvalue weighted by Gasteiger charge is -2.46. The molecule has 0 unspecified atom stereocenters. The predicted octanol–water partition coefficient (Wildman–Crippen LogP) is 22.2. The summed E-state index contributed by atoms with van der Waals surface area (Å²) in [6.07, 6.45) is 0. The number of aryl methyl sites for hydroxylation is 2. The molecule has 4 heterocycles. The second-order valence-electron chi connectivity index (χ2n) is 30.0. The van der Waals surface area contributed by atoms with Crippen molar-refractivity contribution < 1.29 is 4.42 Å². The quantitative estimate of drug-likeness (QED) is 0.142. The van der Waals surface area contributed by atoms with E-state index in [1.807, 2.05) is 0 Å². The molecule has 0 spiro atoms. The third kappa shape index (κ3) is 9.75. The molecular weight excluding hydrogens is 1120 g/mol. The maximum atomic E-state index is 7.05. The van der Waals surface area contributed by atoms with E-state index in [1.54, 1.807) is 0 Å². The Kier molecular flexibility index (Phi) is 13.6. The summed E-state index contributed by atoms with van der Waals surface area (Å²) in [7, 11) is 0. The average molecular weight is 1200 g/mol. The lowest BCUT2D eigenvalue weighted by Crippen LogP contribution is -2.61. The zero-order valence-corrected chi connectivity index (χ0v) is 55.8. The van der Waals surface area contributed by atoms with Gasteiger partial charge < -0.3 is 23.7 Å². The maximum Gasteiger partial charge on any atom is 0.252 e. The van der Waals surface area contributed by atoms with Crippen molar-refractivity contribution in [2.24, 2.45) is 0 Å². The fourth-order valence-corrected chi connectivity index (χ4v) is 14.7. The highest BCUT2D eigenvalue weighted by Gasteiger charge is 2.45. The number of anilines is 9. The second kappa shape index (κ2) is 21.4. The van der Waals surface area contributed by atoms with Gasteiger partial charge in [0, 0.05) is 84.2 Å². The second-order valence-corrected chi connectivity index (χ2v) is 30.0. The van der Waals surface area contributed by atoms with E-state index in [1.165, 1.54) is 72.0 Å². The molecule has 0 saturated heterocycles. The van der Waals surface area contributed by atoms with Crippen LogP contribution in [0.1, 0.15) is 116 Å². The predicted molar refractivity (Wildman–Crippen MR) is 394 cm³/mol. The number of nitrogens with zero attached hydrogens (tertiary/aromatic N) is 4. The lowest BCUT2D eigenvalue weighted by atomic mass is 9.33. The van der Waals surface area contributed by atoms with Crippen LogP contribution in [-0.4, -0.2) is 11.3 Å². The van der Waals surface area contributed by atoms with Gasteiger partial charge in [-0.05, 0) is 194 Å². The third-order valence-electron chi connectivity index (χ3n) is 19.6. The highest BCUT2D eigenvalue weighted by Crippen LogP contribution is 2.51. The normalized spacial score (nSPS) is 13.3. The number of para-hydroxylation sites is 3. The largest absolute Gasteiger partial charge is 0.455 e. The molecule has 2 aliphatic heterocycles. The molecule has 6 heteroatoms. The van der Waals surface area contributed by atoms with Gasteiger partial charge >= 0.3 is 0 Å². The summed E-state index contributed by atoms with van der Waals surface area (Å²) < 4.78 is 9.49. The number of fused-ring (bicyclic) bond motifs is 8. The lowest BCUT2D eigenvalue weighted by molar-refractivity contribution is 0.589. The topological polar surface area (TPSA) is 27.8 Å². The van der Waals surface area contributed by atoms with Crippen LogP contribution in [-0.2, 0) is 21.7 Å². The van der Waals surface area contributed by atoms with Gasteiger partial charge in [0.15, 0.2) is 0 Å². The molecule has 0 aliphatic carbocycles. The molecule has 0 radical (unpaired) electrons. The van der Waals surface area contributed by atoms with E-state index in [9.17, 15) is 0 Å². The molecule has 0 fully saturated rings. The van der Waals surface area contributed by atoms with Gasteiger partial charge in [0.05, 0.1) is 11.0 Å². The molecule has 454 valence electrons. The summed E-state index contributed by atoms with van der Waals surface area (Å²) in [5.41, 5.74) is 28.9. The monoisotopic (exact) mass is 1200 g/mol. The van der Waals surface area contributed by atoms with Gasteiger partial charge in [0.1, 0.15) is 11.3 Å². The maximum absolute atomic E-state index is 7.05. The van der Waals surface area contributed by atoms with E-state index in [4.69, 9.17) is 4.42 Å². The van der Waals surface area contributed by atoms with Crippen LogP contribution in [0.15, 0.2) is 241 Å². The molecule has 2 aliphatic rings. The zero-order valence-electron chi connectivity index (χ0n) is 55.8. The first-order valence-corrected chi connectivity index (χ1v) is 32.8. The minimum absolute atomic E-state index is 0.000873. The summed E-state index contributed by atoms with van der Waals surface area (Å²) in [6, 6.07) is 89.3. The summed E-state index contributed by atoms with van der Waals surface area (Å²) in [5, 5.41) is 3.55. The Hall–Kier alpha value is -9.78. The highest BCUT2D eigenvalue weighted by atomic mass is 16.3. The number of furan rings is 1. The van der Waals surface area contributed by atoms with E-state index in [2.05, 4.69) is 353 Å². The Bertz CT molecular complexity index is 5020. The Morgan fingerprint density at radius 2 is 0.870 bits per heavy atom. The SMILES string of the molecule is Cc1cc(N2c3cc(N(c4ccc(C(C)(C)C)cc4)c4ccc5c6ccccc6n(-c6ccccc6)c5c4)ccc3B3c4cc(C(C)(C)C)ccc4N(c4ccc(C(C)(C)C)cc4)c4cc(C(C)(C)C)cc2c43)cc(C)c1-c1oc2ccccc2c1-c1ccccc1. The van der Waals surface area contributed by atoms with E-state index in [-0.39, 0.29) is 28.4 Å². The van der Waals surface area contributed by atoms with Crippen LogP contribution in [0.4, 0.5) is 51.2 Å². The summed E-state index contributed by atoms with van der Waals surface area (Å²) in [5.74, 6) is 0.892. The van der Waals surface area contributed by atoms with Gasteiger partial charge in [-0.25, -0.2) is 0 Å². The van der Waals surface area contributed by atoms with Crippen molar-refractivity contribution in [3.63, 3.8) is 0 Å². The van der Waals surface area contributed by atoms with Crippen molar-refractivity contribution in [3.05, 3.63) is 270 Å². The highest BCUT2D eigenvalue weighted by molar-refractivity contribution is 7.00. The smallest absolute Gasteiger partial charge is 0.252 e. The van der Waals surface area contributed by atoms with Crippen molar-refractivity contribution in [2.75, 3.05) is 14.7 Å². The van der Waals surface area contributed by atoms with Crippen LogP contribution in [0, 0.1) is 13.8 Å². The molecule has 0 N–H and O–H groups in total. The molecule has 0 atom stereocenters. The molecule has 92 heavy (non-hydrogen) atoms. The van der Waals surface area contributed by atoms with Crippen LogP contribution in [0.25, 0.3) is 60.9 Å². The third-order valence-corrected chi connectivity index (χ3v) is 19.6. The van der Waals surface area contributed by atoms with Crippen molar-refractivity contribution in [2.45, 2.75) is 119 Å². The molecule has 5 nitrogen and oxygen atoms in total. The van der Waals surface area contributed by atoms with E-state index in [0.29, 0.717) is 0 Å². The standard InChI is InChI=1S/C86H81BN4O/c1-54-47-66(48-55(2)79(54)82-80(56-25-17-15-18-26-56)69-30-22-24-32-78(69)92-82)91-75-53-65(88(62-38-33-57(34-39-62)83(3,4)5)64-42-44-68-67-29-21-23-31-72(67)89(74(68)52-64)61-27-19-16-20-28-61)43-45-70(75)87-71-49-59(85(9,10)11)37-46-73(71)90(63-40-35-58(36-41-63)84(6,7)8)76-50-60(86(12,13)14)51-77(91)81(76)87/h15-53H,1-14H3. The number of hydrogen-bond acceptors (Lipinski definition) is 4. The van der Waals surface area contributed by atoms with Crippen LogP contribution in [0.2, 0.25) is 0 Å². The van der Waals surface area contributed by atoms with E-state index in [0.717, 1.165) is 89.9 Å². The van der Waals surface area contributed by atoms with E-state index >= 15 is 0 Å². The van der Waals surface area contributed by atoms with Gasteiger partial charge in [0.2, 0.25) is 0 Å². The minimum atomic E-state index is -0.214. The van der Waals surface area contributed by atoms with Gasteiger partial charge in [-0.2, -0.15) is 0 Å². The Labute approximate surface area is 544 Å². The van der Waals surface area contributed by atoms with Crippen molar-refractivity contribution >= 4 is 107 Å². The molecule has 11 aromatic carbocycles.